The summed E-state index contributed by atoms with van der Waals surface area (Å²) >= 11 is 0. The zero-order chi connectivity index (χ0) is 39.4. The summed E-state index contributed by atoms with van der Waals surface area (Å²) < 4.78 is 116. The van der Waals surface area contributed by atoms with Crippen LogP contribution in [-0.2, 0) is 44.7 Å². The van der Waals surface area contributed by atoms with Gasteiger partial charge in [-0.05, 0) is 67.1 Å². The van der Waals surface area contributed by atoms with Gasteiger partial charge in [-0.3, -0.25) is 18.9 Å². The Morgan fingerprint density at radius 2 is 1.40 bits per heavy atom. The van der Waals surface area contributed by atoms with E-state index in [0.717, 1.165) is 35.1 Å². The van der Waals surface area contributed by atoms with Crippen LogP contribution in [0.1, 0.15) is 12.8 Å². The van der Waals surface area contributed by atoms with Crippen molar-refractivity contribution in [1.82, 2.24) is 0 Å². The summed E-state index contributed by atoms with van der Waals surface area (Å²) in [5.41, 5.74) is -1.41. The zero-order valence-electron chi connectivity index (χ0n) is 27.1. The zero-order valence-corrected chi connectivity index (χ0v) is 30.3. The number of carbonyl (C=O) groups is 1. The predicted octanol–water partition coefficient (Wildman–Crippen LogP) is 6.40. The highest BCUT2D eigenvalue weighted by molar-refractivity contribution is 7.94. The van der Waals surface area contributed by atoms with E-state index in [2.05, 4.69) is 50.6 Å². The maximum absolute atomic E-state index is 12.9. The van der Waals surface area contributed by atoms with Crippen LogP contribution in [0.15, 0.2) is 125 Å². The second kappa shape index (κ2) is 15.6. The van der Waals surface area contributed by atoms with Crippen LogP contribution >= 0.6 is 0 Å². The molecule has 0 unspecified atom stereocenters. The first-order valence-corrected chi connectivity index (χ1v) is 20.7. The van der Waals surface area contributed by atoms with Crippen molar-refractivity contribution in [3.63, 3.8) is 0 Å². The molecule has 0 fully saturated rings. The molecule has 18 nitrogen and oxygen atoms in total. The average Bonchev–Trinajstić information content (AvgIpc) is 3.09. The summed E-state index contributed by atoms with van der Waals surface area (Å²) in [5, 5.41) is 30.4. The summed E-state index contributed by atoms with van der Waals surface area (Å²) in [5.74, 6) is -1.85. The molecule has 0 saturated heterocycles. The number of fused-ring (bicyclic) bond motifs is 1. The van der Waals surface area contributed by atoms with Crippen molar-refractivity contribution in [2.24, 2.45) is 25.4 Å². The van der Waals surface area contributed by atoms with Gasteiger partial charge in [-0.15, -0.1) is 15.3 Å². The normalized spacial score (nSPS) is 12.6. The minimum atomic E-state index is -5.14. The molecule has 0 heterocycles. The molecule has 278 valence electrons. The average molecular weight is 805 g/mol. The lowest BCUT2D eigenvalue weighted by Gasteiger charge is -2.12. The Labute approximate surface area is 303 Å². The van der Waals surface area contributed by atoms with Gasteiger partial charge in [0.1, 0.15) is 27.7 Å². The summed E-state index contributed by atoms with van der Waals surface area (Å²) in [6.07, 6.45) is -0.469. The number of sulfone groups is 2. The van der Waals surface area contributed by atoms with E-state index in [1.54, 1.807) is 0 Å². The third-order valence-electron chi connectivity index (χ3n) is 7.12. The minimum absolute atomic E-state index is 0.0232. The fourth-order valence-corrected chi connectivity index (χ4v) is 7.12. The SMILES string of the molecule is C=CS(=O)(=O)CCCC(=O)Nc1cc(N=Nc2c(N=C)ccc3cc(S(=O)(=O)O)cc(O)c23)c(S(=O)(=O)O)cc1N=Nc1ccc(S(=O)(=O)C=C)cc1. The number of anilines is 1. The van der Waals surface area contributed by atoms with Crippen molar-refractivity contribution in [1.29, 1.82) is 0 Å². The largest absolute Gasteiger partial charge is 0.507 e. The molecule has 0 radical (unpaired) electrons. The molecule has 0 bridgehead atoms. The lowest BCUT2D eigenvalue weighted by atomic mass is 10.1. The standard InChI is InChI=1S/C31H28N6O12S4/c1-4-50(40,41)14-6-7-29(39)33-24-17-26(36-37-31-23(32-3)13-8-19-15-22(52(44,45)46)16-27(38)30(19)31)28(53(47,48)49)18-25(24)35-34-20-9-11-21(12-10-20)51(42,43)5-2/h4-5,8-13,15-18,38H,1-3,6-7,14H2,(H,33,39)(H,44,45,46)(H,47,48,49). The Morgan fingerprint density at radius 1 is 0.736 bits per heavy atom. The molecule has 22 heteroatoms. The molecule has 53 heavy (non-hydrogen) atoms. The van der Waals surface area contributed by atoms with Gasteiger partial charge in [0.25, 0.3) is 20.2 Å². The van der Waals surface area contributed by atoms with Gasteiger partial charge in [-0.1, -0.05) is 19.2 Å². The molecule has 0 atom stereocenters. The Morgan fingerprint density at radius 3 is 1.98 bits per heavy atom. The third-order valence-corrected chi connectivity index (χ3v) is 11.6. The number of amides is 1. The molecular formula is C31H28N6O12S4. The number of hydrogen-bond acceptors (Lipinski definition) is 15. The highest BCUT2D eigenvalue weighted by Crippen LogP contribution is 2.44. The van der Waals surface area contributed by atoms with E-state index in [4.69, 9.17) is 0 Å². The number of hydrogen-bond donors (Lipinski definition) is 4. The number of phenols is 1. The number of benzene rings is 4. The van der Waals surface area contributed by atoms with Gasteiger partial charge < -0.3 is 10.4 Å². The smallest absolute Gasteiger partial charge is 0.296 e. The number of azo groups is 2. The molecule has 4 N–H and O–H groups in total. The van der Waals surface area contributed by atoms with E-state index in [1.807, 2.05) is 0 Å². The van der Waals surface area contributed by atoms with Crippen LogP contribution in [0.3, 0.4) is 0 Å². The van der Waals surface area contributed by atoms with Gasteiger partial charge in [-0.25, -0.2) is 16.8 Å². The highest BCUT2D eigenvalue weighted by Gasteiger charge is 2.22. The fraction of sp³-hybridized carbons (Fsp3) is 0.0968. The van der Waals surface area contributed by atoms with E-state index >= 15 is 0 Å². The maximum atomic E-state index is 12.9. The van der Waals surface area contributed by atoms with Crippen molar-refractivity contribution in [3.8, 4) is 5.75 Å². The quantitative estimate of drug-likeness (QED) is 0.0577. The van der Waals surface area contributed by atoms with Crippen molar-refractivity contribution in [2.75, 3.05) is 11.1 Å². The maximum Gasteiger partial charge on any atom is 0.296 e. The van der Waals surface area contributed by atoms with Gasteiger partial charge in [0.05, 0.1) is 38.0 Å². The summed E-state index contributed by atoms with van der Waals surface area (Å²) in [6.45, 7) is 9.87. The second-order valence-corrected chi connectivity index (χ2v) is 17.5. The highest BCUT2D eigenvalue weighted by atomic mass is 32.2. The minimum Gasteiger partial charge on any atom is -0.507 e. The van der Waals surface area contributed by atoms with E-state index in [1.165, 1.54) is 36.4 Å². The van der Waals surface area contributed by atoms with Crippen LogP contribution in [0.4, 0.5) is 34.1 Å². The first-order chi connectivity index (χ1) is 24.7. The molecule has 4 rings (SSSR count). The number of aliphatic imine (C=N–C) groups is 1. The van der Waals surface area contributed by atoms with Gasteiger partial charge in [0.15, 0.2) is 19.7 Å². The molecule has 1 amide bonds. The Kier molecular flexibility index (Phi) is 11.9. The summed E-state index contributed by atoms with van der Waals surface area (Å²) in [7, 11) is -17.3. The lowest BCUT2D eigenvalue weighted by molar-refractivity contribution is -0.116. The van der Waals surface area contributed by atoms with Gasteiger partial charge in [0.2, 0.25) is 5.91 Å². The molecule has 0 aliphatic rings. The monoisotopic (exact) mass is 804 g/mol. The fourth-order valence-electron chi connectivity index (χ4n) is 4.53. The van der Waals surface area contributed by atoms with E-state index in [0.29, 0.717) is 0 Å². The molecule has 0 aromatic heterocycles. The molecule has 4 aromatic rings. The van der Waals surface area contributed by atoms with E-state index < -0.39 is 72.8 Å². The molecule has 4 aromatic carbocycles. The predicted molar refractivity (Wildman–Crippen MR) is 195 cm³/mol. The van der Waals surface area contributed by atoms with Gasteiger partial charge in [-0.2, -0.15) is 21.9 Å². The Bertz CT molecular complexity index is 2680. The van der Waals surface area contributed by atoms with Crippen molar-refractivity contribution in [2.45, 2.75) is 27.5 Å². The van der Waals surface area contributed by atoms with Gasteiger partial charge in [0, 0.05) is 23.3 Å². The van der Waals surface area contributed by atoms with E-state index in [-0.39, 0.29) is 56.9 Å². The van der Waals surface area contributed by atoms with Gasteiger partial charge >= 0.3 is 0 Å². The number of rotatable bonds is 15. The Balaban J connectivity index is 1.88. The Hall–Kier alpha value is -5.52. The summed E-state index contributed by atoms with van der Waals surface area (Å²) in [4.78, 5) is 15.1. The molecule has 0 aliphatic heterocycles. The summed E-state index contributed by atoms with van der Waals surface area (Å²) in [6, 6.07) is 11.1. The molecule has 0 spiro atoms. The van der Waals surface area contributed by atoms with Crippen LogP contribution < -0.4 is 5.32 Å². The van der Waals surface area contributed by atoms with Crippen LogP contribution in [0.5, 0.6) is 5.75 Å². The topological polar surface area (TPSA) is 288 Å². The number of carbonyl (C=O) groups excluding carboxylic acids is 1. The lowest BCUT2D eigenvalue weighted by Crippen LogP contribution is -2.13. The molecule has 0 saturated carbocycles. The molecule has 0 aliphatic carbocycles. The number of phenolic OH excluding ortho intramolecular Hbond substituents is 1. The number of aromatic hydroxyl groups is 1. The van der Waals surface area contributed by atoms with Crippen molar-refractivity contribution in [3.05, 3.63) is 84.6 Å². The first kappa shape index (κ1) is 40.3. The molecular weight excluding hydrogens is 777 g/mol. The van der Waals surface area contributed by atoms with Crippen LogP contribution in [0.2, 0.25) is 0 Å². The van der Waals surface area contributed by atoms with Crippen molar-refractivity contribution < 1.29 is 52.7 Å². The number of nitrogens with one attached hydrogen (secondary N) is 1. The van der Waals surface area contributed by atoms with E-state index in [9.17, 15) is 52.7 Å². The third kappa shape index (κ3) is 9.88. The first-order valence-electron chi connectivity index (χ1n) is 14.5. The van der Waals surface area contributed by atoms with Crippen LogP contribution in [0, 0.1) is 0 Å². The second-order valence-electron chi connectivity index (χ2n) is 10.7. The van der Waals surface area contributed by atoms with Crippen LogP contribution in [0.25, 0.3) is 10.8 Å². The van der Waals surface area contributed by atoms with Crippen molar-refractivity contribution >= 4 is 97.4 Å². The van der Waals surface area contributed by atoms with Crippen LogP contribution in [-0.4, -0.2) is 66.3 Å². The number of nitrogens with zero attached hydrogens (tertiary/aromatic N) is 5.